The van der Waals surface area contributed by atoms with Crippen molar-refractivity contribution >= 4 is 11.9 Å². The van der Waals surface area contributed by atoms with Crippen molar-refractivity contribution < 1.29 is 22.7 Å². The van der Waals surface area contributed by atoms with Gasteiger partial charge in [0.05, 0.1) is 18.6 Å². The smallest absolute Gasteiger partial charge is 0.416 e. The van der Waals surface area contributed by atoms with Crippen LogP contribution in [0.4, 0.5) is 13.2 Å². The lowest BCUT2D eigenvalue weighted by Gasteiger charge is -2.33. The Labute approximate surface area is 163 Å². The van der Waals surface area contributed by atoms with E-state index in [1.54, 1.807) is 13.1 Å². The fourth-order valence-corrected chi connectivity index (χ4v) is 3.82. The maximum Gasteiger partial charge on any atom is 0.416 e. The highest BCUT2D eigenvalue weighted by Gasteiger charge is 2.45. The monoisotopic (exact) mass is 397 g/mol. The van der Waals surface area contributed by atoms with Gasteiger partial charge in [0.25, 0.3) is 0 Å². The van der Waals surface area contributed by atoms with Crippen LogP contribution in [0.5, 0.6) is 0 Å². The lowest BCUT2D eigenvalue weighted by atomic mass is 9.94. The molecule has 1 aliphatic carbocycles. The first-order chi connectivity index (χ1) is 13.3. The Morgan fingerprint density at radius 2 is 2.00 bits per heavy atom. The van der Waals surface area contributed by atoms with Crippen LogP contribution in [0, 0.1) is 5.92 Å². The van der Waals surface area contributed by atoms with E-state index < -0.39 is 11.7 Å². The average molecular weight is 397 g/mol. The molecule has 1 saturated heterocycles. The van der Waals surface area contributed by atoms with Gasteiger partial charge in [0.15, 0.2) is 5.96 Å². The lowest BCUT2D eigenvalue weighted by molar-refractivity contribution is -0.146. The molecule has 1 saturated carbocycles. The summed E-state index contributed by atoms with van der Waals surface area (Å²) in [5.41, 5.74) is -0.165. The molecule has 2 aliphatic rings. The third-order valence-corrected chi connectivity index (χ3v) is 5.78. The molecular formula is C20H26F3N3O2. The molecule has 0 spiro atoms. The number of nitrogens with one attached hydrogen (secondary N) is 1. The molecule has 0 radical (unpaired) electrons. The fraction of sp³-hybridized carbons (Fsp3) is 0.600. The number of guanidine groups is 1. The van der Waals surface area contributed by atoms with E-state index in [1.165, 1.54) is 19.2 Å². The van der Waals surface area contributed by atoms with Gasteiger partial charge in [-0.15, -0.1) is 0 Å². The van der Waals surface area contributed by atoms with E-state index in [9.17, 15) is 18.0 Å². The molecule has 5 nitrogen and oxygen atoms in total. The van der Waals surface area contributed by atoms with Crippen molar-refractivity contribution in [3.63, 3.8) is 0 Å². The Balaban J connectivity index is 1.61. The number of carbonyl (C=O) groups is 1. The van der Waals surface area contributed by atoms with Crippen molar-refractivity contribution in [3.8, 4) is 0 Å². The van der Waals surface area contributed by atoms with Crippen LogP contribution in [0.25, 0.3) is 0 Å². The minimum Gasteiger partial charge on any atom is -0.469 e. The Kier molecular flexibility index (Phi) is 5.86. The standard InChI is InChI=1S/C20H26F3N3O2/c1-24-18(26-10-6-14(7-11-26)17(27)28-2)25-13-19(8-9-19)15-4-3-5-16(12-15)20(21,22)23/h3-5,12,14H,6-11,13H2,1-2H3,(H,24,25). The molecule has 0 atom stereocenters. The number of benzene rings is 1. The van der Waals surface area contributed by atoms with E-state index in [0.29, 0.717) is 32.5 Å². The normalized spacial score (nSPS) is 20.0. The van der Waals surface area contributed by atoms with E-state index in [0.717, 1.165) is 30.4 Å². The Morgan fingerprint density at radius 3 is 2.54 bits per heavy atom. The maximum atomic E-state index is 13.0. The first-order valence-corrected chi connectivity index (χ1v) is 9.50. The van der Waals surface area contributed by atoms with Gasteiger partial charge in [-0.05, 0) is 37.3 Å². The average Bonchev–Trinajstić information content (AvgIpc) is 3.49. The number of methoxy groups -OCH3 is 1. The van der Waals surface area contributed by atoms with Crippen molar-refractivity contribution in [1.82, 2.24) is 10.2 Å². The quantitative estimate of drug-likeness (QED) is 0.482. The van der Waals surface area contributed by atoms with E-state index >= 15 is 0 Å². The number of halogens is 3. The number of piperidine rings is 1. The van der Waals surface area contributed by atoms with Crippen LogP contribution in [-0.2, 0) is 21.1 Å². The minimum atomic E-state index is -4.33. The van der Waals surface area contributed by atoms with Crippen LogP contribution in [0.2, 0.25) is 0 Å². The largest absolute Gasteiger partial charge is 0.469 e. The number of hydrogen-bond donors (Lipinski definition) is 1. The number of rotatable bonds is 4. The Morgan fingerprint density at radius 1 is 1.32 bits per heavy atom. The SMILES string of the molecule is CN=C(NCC1(c2cccc(C(F)(F)F)c2)CC1)N1CCC(C(=O)OC)CC1. The van der Waals surface area contributed by atoms with Crippen molar-refractivity contribution in [2.24, 2.45) is 10.9 Å². The van der Waals surface area contributed by atoms with Gasteiger partial charge < -0.3 is 15.0 Å². The van der Waals surface area contributed by atoms with Crippen molar-refractivity contribution in [3.05, 3.63) is 35.4 Å². The highest BCUT2D eigenvalue weighted by atomic mass is 19.4. The first kappa shape index (κ1) is 20.5. The van der Waals surface area contributed by atoms with Gasteiger partial charge >= 0.3 is 12.1 Å². The summed E-state index contributed by atoms with van der Waals surface area (Å²) in [6, 6.07) is 5.62. The molecule has 154 valence electrons. The number of nitrogens with zero attached hydrogens (tertiary/aromatic N) is 2. The van der Waals surface area contributed by atoms with Crippen LogP contribution in [-0.4, -0.2) is 50.6 Å². The van der Waals surface area contributed by atoms with Gasteiger partial charge in [-0.3, -0.25) is 9.79 Å². The zero-order chi connectivity index (χ0) is 20.4. The molecule has 0 amide bonds. The highest BCUT2D eigenvalue weighted by molar-refractivity contribution is 5.80. The fourth-order valence-electron chi connectivity index (χ4n) is 3.82. The molecule has 1 aliphatic heterocycles. The van der Waals surface area contributed by atoms with E-state index in [1.807, 2.05) is 0 Å². The van der Waals surface area contributed by atoms with Gasteiger partial charge in [-0.1, -0.05) is 18.2 Å². The molecule has 0 aromatic heterocycles. The summed E-state index contributed by atoms with van der Waals surface area (Å²) >= 11 is 0. The molecule has 1 aromatic rings. The summed E-state index contributed by atoms with van der Waals surface area (Å²) in [4.78, 5) is 18.1. The van der Waals surface area contributed by atoms with Gasteiger partial charge in [0, 0.05) is 32.1 Å². The highest BCUT2D eigenvalue weighted by Crippen LogP contribution is 2.48. The first-order valence-electron chi connectivity index (χ1n) is 9.50. The summed E-state index contributed by atoms with van der Waals surface area (Å²) in [7, 11) is 3.09. The maximum absolute atomic E-state index is 13.0. The Hall–Kier alpha value is -2.25. The summed E-state index contributed by atoms with van der Waals surface area (Å²) in [5.74, 6) is 0.463. The zero-order valence-electron chi connectivity index (χ0n) is 16.2. The van der Waals surface area contributed by atoms with Crippen LogP contribution < -0.4 is 5.32 Å². The molecular weight excluding hydrogens is 371 g/mol. The third-order valence-electron chi connectivity index (χ3n) is 5.78. The predicted molar refractivity (Wildman–Crippen MR) is 100 cm³/mol. The lowest BCUT2D eigenvalue weighted by Crippen LogP contribution is -2.48. The number of likely N-dealkylation sites (tertiary alicyclic amines) is 1. The zero-order valence-corrected chi connectivity index (χ0v) is 16.2. The number of ether oxygens (including phenoxy) is 1. The summed E-state index contributed by atoms with van der Waals surface area (Å²) in [6.07, 6.45) is -1.23. The molecule has 0 unspecified atom stereocenters. The molecule has 3 rings (SSSR count). The van der Waals surface area contributed by atoms with E-state index in [4.69, 9.17) is 4.74 Å². The second-order valence-electron chi connectivity index (χ2n) is 7.54. The second kappa shape index (κ2) is 8.01. The summed E-state index contributed by atoms with van der Waals surface area (Å²) in [5, 5.41) is 3.34. The number of hydrogen-bond acceptors (Lipinski definition) is 3. The molecule has 2 fully saturated rings. The van der Waals surface area contributed by atoms with E-state index in [-0.39, 0.29) is 17.3 Å². The number of alkyl halides is 3. The van der Waals surface area contributed by atoms with Crippen LogP contribution in [0.15, 0.2) is 29.3 Å². The molecule has 0 bridgehead atoms. The third kappa shape index (κ3) is 4.42. The predicted octanol–water partition coefficient (Wildman–Crippen LogP) is 3.20. The molecule has 1 heterocycles. The van der Waals surface area contributed by atoms with Crippen LogP contribution in [0.1, 0.15) is 36.8 Å². The summed E-state index contributed by atoms with van der Waals surface area (Å²) in [6.45, 7) is 1.92. The van der Waals surface area contributed by atoms with Crippen molar-refractivity contribution in [2.45, 2.75) is 37.3 Å². The summed E-state index contributed by atoms with van der Waals surface area (Å²) < 4.78 is 43.9. The van der Waals surface area contributed by atoms with Gasteiger partial charge in [0.2, 0.25) is 0 Å². The van der Waals surface area contributed by atoms with Crippen molar-refractivity contribution in [2.75, 3.05) is 33.8 Å². The molecule has 8 heteroatoms. The molecule has 28 heavy (non-hydrogen) atoms. The van der Waals surface area contributed by atoms with Gasteiger partial charge in [-0.25, -0.2) is 0 Å². The van der Waals surface area contributed by atoms with Crippen LogP contribution >= 0.6 is 0 Å². The number of carbonyl (C=O) groups excluding carboxylic acids is 1. The van der Waals surface area contributed by atoms with Gasteiger partial charge in [0.1, 0.15) is 0 Å². The number of esters is 1. The number of aliphatic imine (C=N–C) groups is 1. The van der Waals surface area contributed by atoms with E-state index in [2.05, 4.69) is 15.2 Å². The topological polar surface area (TPSA) is 53.9 Å². The second-order valence-corrected chi connectivity index (χ2v) is 7.54. The minimum absolute atomic E-state index is 0.0840. The van der Waals surface area contributed by atoms with Gasteiger partial charge in [-0.2, -0.15) is 13.2 Å². The molecule has 1 N–H and O–H groups in total. The Bertz CT molecular complexity index is 736. The van der Waals surface area contributed by atoms with Crippen molar-refractivity contribution in [1.29, 1.82) is 0 Å². The molecule has 1 aromatic carbocycles. The van der Waals surface area contributed by atoms with Crippen LogP contribution in [0.3, 0.4) is 0 Å².